The Morgan fingerprint density at radius 1 is 0.955 bits per heavy atom. The molecule has 0 aliphatic rings. The molecular formula is C20H31O2. The largest absolute Gasteiger partial charge is 0.457 e. The second-order valence-electron chi connectivity index (χ2n) is 5.97. The molecule has 1 aromatic rings. The number of esters is 1. The van der Waals surface area contributed by atoms with Crippen molar-refractivity contribution in [1.82, 2.24) is 0 Å². The molecule has 2 heteroatoms. The van der Waals surface area contributed by atoms with Gasteiger partial charge in [-0.1, -0.05) is 88.6 Å². The molecular weight excluding hydrogens is 272 g/mol. The van der Waals surface area contributed by atoms with Crippen molar-refractivity contribution < 1.29 is 9.53 Å². The molecule has 0 saturated heterocycles. The Balaban J connectivity index is 2.00. The molecule has 22 heavy (non-hydrogen) atoms. The molecule has 0 aromatic heterocycles. The number of carbonyl (C=O) groups excluding carboxylic acids is 1. The van der Waals surface area contributed by atoms with Crippen molar-refractivity contribution in [2.24, 2.45) is 0 Å². The van der Waals surface area contributed by atoms with E-state index in [4.69, 9.17) is 4.74 Å². The van der Waals surface area contributed by atoms with Crippen LogP contribution in [0.3, 0.4) is 0 Å². The summed E-state index contributed by atoms with van der Waals surface area (Å²) in [7, 11) is 0. The first-order valence-corrected chi connectivity index (χ1v) is 8.81. The predicted molar refractivity (Wildman–Crippen MR) is 92.5 cm³/mol. The molecule has 0 spiro atoms. The fourth-order valence-electron chi connectivity index (χ4n) is 2.53. The van der Waals surface area contributed by atoms with Crippen LogP contribution in [0.5, 0.6) is 0 Å². The molecule has 0 heterocycles. The van der Waals surface area contributed by atoms with Crippen molar-refractivity contribution in [2.45, 2.75) is 77.2 Å². The first-order chi connectivity index (χ1) is 10.7. The Bertz CT molecular complexity index is 386. The fraction of sp³-hybridized carbons (Fsp3) is 0.600. The molecule has 0 amide bonds. The van der Waals surface area contributed by atoms with Crippen molar-refractivity contribution in [3.8, 4) is 0 Å². The van der Waals surface area contributed by atoms with E-state index in [1.807, 2.05) is 30.3 Å². The average Bonchev–Trinajstić information content (AvgIpc) is 2.54. The number of hydrogen-bond acceptors (Lipinski definition) is 2. The summed E-state index contributed by atoms with van der Waals surface area (Å²) in [5, 5.41) is 0. The van der Waals surface area contributed by atoms with Gasteiger partial charge in [-0.05, 0) is 18.9 Å². The molecule has 0 saturated carbocycles. The second-order valence-corrected chi connectivity index (χ2v) is 5.97. The van der Waals surface area contributed by atoms with Gasteiger partial charge in [-0.15, -0.1) is 0 Å². The summed E-state index contributed by atoms with van der Waals surface area (Å²) < 4.78 is 5.36. The summed E-state index contributed by atoms with van der Waals surface area (Å²) in [4.78, 5) is 11.8. The normalized spacial score (nSPS) is 12.1. The van der Waals surface area contributed by atoms with E-state index in [9.17, 15) is 4.79 Å². The summed E-state index contributed by atoms with van der Waals surface area (Å²) in [5.74, 6) is -0.133. The molecule has 0 fully saturated rings. The van der Waals surface area contributed by atoms with Gasteiger partial charge in [-0.2, -0.15) is 0 Å². The van der Waals surface area contributed by atoms with Gasteiger partial charge in [0, 0.05) is 6.42 Å². The number of benzene rings is 1. The Labute approximate surface area is 136 Å². The number of carbonyl (C=O) groups is 1. The van der Waals surface area contributed by atoms with E-state index >= 15 is 0 Å². The lowest BCUT2D eigenvalue weighted by Gasteiger charge is -2.13. The van der Waals surface area contributed by atoms with E-state index in [1.165, 1.54) is 44.9 Å². The minimum Gasteiger partial charge on any atom is -0.457 e. The third kappa shape index (κ3) is 8.86. The molecule has 123 valence electrons. The van der Waals surface area contributed by atoms with Gasteiger partial charge in [0.05, 0.1) is 0 Å². The van der Waals surface area contributed by atoms with Crippen LogP contribution in [0.4, 0.5) is 0 Å². The van der Waals surface area contributed by atoms with Crippen LogP contribution in [0.25, 0.3) is 0 Å². The van der Waals surface area contributed by atoms with Crippen molar-refractivity contribution in [3.05, 3.63) is 42.8 Å². The number of ether oxygens (including phenoxy) is 1. The summed E-state index contributed by atoms with van der Waals surface area (Å²) in [5.41, 5.74) is 0.947. The van der Waals surface area contributed by atoms with Crippen LogP contribution in [0.1, 0.15) is 82.8 Å². The van der Waals surface area contributed by atoms with Crippen molar-refractivity contribution >= 4 is 5.97 Å². The topological polar surface area (TPSA) is 26.3 Å². The van der Waals surface area contributed by atoms with Crippen molar-refractivity contribution in [2.75, 3.05) is 0 Å². The van der Waals surface area contributed by atoms with Crippen LogP contribution in [0, 0.1) is 6.92 Å². The van der Waals surface area contributed by atoms with Crippen LogP contribution >= 0.6 is 0 Å². The maximum Gasteiger partial charge on any atom is 0.306 e. The molecule has 1 atom stereocenters. The zero-order valence-electron chi connectivity index (χ0n) is 14.1. The Morgan fingerprint density at radius 3 is 2.09 bits per heavy atom. The minimum atomic E-state index is -0.396. The Morgan fingerprint density at radius 2 is 1.50 bits per heavy atom. The van der Waals surface area contributed by atoms with Crippen molar-refractivity contribution in [1.29, 1.82) is 0 Å². The summed E-state index contributed by atoms with van der Waals surface area (Å²) in [6.45, 7) is 6.14. The SMILES string of the molecule is [CH2]C(OC(=O)CCCCCCCCCCC)c1ccccc1. The molecule has 1 aromatic carbocycles. The van der Waals surface area contributed by atoms with E-state index in [2.05, 4.69) is 13.8 Å². The smallest absolute Gasteiger partial charge is 0.306 e. The average molecular weight is 303 g/mol. The number of hydrogen-bond donors (Lipinski definition) is 0. The van der Waals surface area contributed by atoms with Gasteiger partial charge in [-0.3, -0.25) is 4.79 Å². The lowest BCUT2D eigenvalue weighted by atomic mass is 10.1. The van der Waals surface area contributed by atoms with Gasteiger partial charge in [0.1, 0.15) is 6.10 Å². The molecule has 0 aliphatic carbocycles. The standard InChI is InChI=1S/C20H31O2/c1-3-4-5-6-7-8-9-10-14-17-20(21)22-18(2)19-15-12-11-13-16-19/h11-13,15-16,18H,2-10,14,17H2,1H3. The quantitative estimate of drug-likeness (QED) is 0.348. The second kappa shape index (κ2) is 12.3. The predicted octanol–water partition coefficient (Wildman–Crippen LogP) is 6.03. The third-order valence-corrected chi connectivity index (χ3v) is 3.93. The highest BCUT2D eigenvalue weighted by Gasteiger charge is 2.10. The maximum atomic E-state index is 11.8. The van der Waals surface area contributed by atoms with Crippen molar-refractivity contribution in [3.63, 3.8) is 0 Å². The lowest BCUT2D eigenvalue weighted by Crippen LogP contribution is -2.08. The molecule has 1 rings (SSSR count). The molecule has 2 nitrogen and oxygen atoms in total. The third-order valence-electron chi connectivity index (χ3n) is 3.93. The number of rotatable bonds is 12. The van der Waals surface area contributed by atoms with E-state index < -0.39 is 6.10 Å². The van der Waals surface area contributed by atoms with Gasteiger partial charge in [0.15, 0.2) is 0 Å². The zero-order chi connectivity index (χ0) is 16.0. The van der Waals surface area contributed by atoms with E-state index in [0.29, 0.717) is 6.42 Å². The number of unbranched alkanes of at least 4 members (excludes halogenated alkanes) is 8. The Kier molecular flexibility index (Phi) is 10.4. The molecule has 0 bridgehead atoms. The minimum absolute atomic E-state index is 0.133. The van der Waals surface area contributed by atoms with Gasteiger partial charge < -0.3 is 4.74 Å². The highest BCUT2D eigenvalue weighted by molar-refractivity contribution is 5.69. The summed E-state index contributed by atoms with van der Waals surface area (Å²) in [6.07, 6.45) is 11.4. The maximum absolute atomic E-state index is 11.8. The van der Waals surface area contributed by atoms with E-state index in [1.54, 1.807) is 0 Å². The fourth-order valence-corrected chi connectivity index (χ4v) is 2.53. The first kappa shape index (κ1) is 18.7. The van der Waals surface area contributed by atoms with Gasteiger partial charge in [0.2, 0.25) is 0 Å². The lowest BCUT2D eigenvalue weighted by molar-refractivity contribution is -0.147. The van der Waals surface area contributed by atoms with E-state index in [0.717, 1.165) is 18.4 Å². The van der Waals surface area contributed by atoms with Gasteiger partial charge >= 0.3 is 5.97 Å². The summed E-state index contributed by atoms with van der Waals surface area (Å²) >= 11 is 0. The summed E-state index contributed by atoms with van der Waals surface area (Å²) in [6, 6.07) is 9.68. The first-order valence-electron chi connectivity index (χ1n) is 8.81. The van der Waals surface area contributed by atoms with Crippen LogP contribution < -0.4 is 0 Å². The molecule has 0 aliphatic heterocycles. The van der Waals surface area contributed by atoms with E-state index in [-0.39, 0.29) is 5.97 Å². The van der Waals surface area contributed by atoms with Crippen LogP contribution in [-0.4, -0.2) is 5.97 Å². The Hall–Kier alpha value is -1.31. The highest BCUT2D eigenvalue weighted by atomic mass is 16.5. The molecule has 0 N–H and O–H groups in total. The van der Waals surface area contributed by atoms with Gasteiger partial charge in [-0.25, -0.2) is 0 Å². The molecule has 1 unspecified atom stereocenters. The van der Waals surface area contributed by atoms with Crippen LogP contribution in [0.2, 0.25) is 0 Å². The van der Waals surface area contributed by atoms with Gasteiger partial charge in [0.25, 0.3) is 0 Å². The molecule has 1 radical (unpaired) electrons. The highest BCUT2D eigenvalue weighted by Crippen LogP contribution is 2.17. The van der Waals surface area contributed by atoms with Crippen LogP contribution in [0.15, 0.2) is 30.3 Å². The zero-order valence-corrected chi connectivity index (χ0v) is 14.1. The van der Waals surface area contributed by atoms with Crippen LogP contribution in [-0.2, 0) is 9.53 Å². The monoisotopic (exact) mass is 303 g/mol.